The van der Waals surface area contributed by atoms with Crippen molar-refractivity contribution in [3.63, 3.8) is 0 Å². The van der Waals surface area contributed by atoms with E-state index >= 15 is 0 Å². The van der Waals surface area contributed by atoms with Gasteiger partial charge in [-0.05, 0) is 24.1 Å². The zero-order chi connectivity index (χ0) is 13.6. The summed E-state index contributed by atoms with van der Waals surface area (Å²) in [6.45, 7) is 2.11. The van der Waals surface area contributed by atoms with E-state index in [1.54, 1.807) is 12.1 Å². The number of aryl methyl sites for hydroxylation is 1. The van der Waals surface area contributed by atoms with Gasteiger partial charge in [-0.25, -0.2) is 13.6 Å². The molecule has 0 saturated heterocycles. The molecule has 0 saturated carbocycles. The fraction of sp³-hybridized carbons (Fsp3) is 0.417. The van der Waals surface area contributed by atoms with E-state index in [1.807, 2.05) is 12.1 Å². The summed E-state index contributed by atoms with van der Waals surface area (Å²) >= 11 is 0. The van der Waals surface area contributed by atoms with Gasteiger partial charge < -0.3 is 5.32 Å². The van der Waals surface area contributed by atoms with E-state index in [2.05, 4.69) is 12.2 Å². The zero-order valence-corrected chi connectivity index (χ0v) is 11.2. The predicted molar refractivity (Wildman–Crippen MR) is 70.7 cm³/mol. The molecular formula is C12H18N2O3S. The third kappa shape index (κ3) is 5.29. The molecule has 1 rings (SSSR count). The molecule has 0 aliphatic carbocycles. The van der Waals surface area contributed by atoms with Crippen molar-refractivity contribution >= 4 is 15.9 Å². The van der Waals surface area contributed by atoms with Crippen LogP contribution in [0.25, 0.3) is 0 Å². The van der Waals surface area contributed by atoms with Crippen molar-refractivity contribution in [3.05, 3.63) is 35.4 Å². The molecule has 6 heteroatoms. The Bertz CT molecular complexity index is 495. The van der Waals surface area contributed by atoms with Crippen molar-refractivity contribution in [2.24, 2.45) is 5.14 Å². The van der Waals surface area contributed by atoms with Crippen molar-refractivity contribution in [1.82, 2.24) is 5.32 Å². The normalized spacial score (nSPS) is 11.2. The Morgan fingerprint density at radius 3 is 2.39 bits per heavy atom. The maximum Gasteiger partial charge on any atom is 0.251 e. The summed E-state index contributed by atoms with van der Waals surface area (Å²) in [4.78, 5) is 11.7. The Labute approximate surface area is 107 Å². The highest BCUT2D eigenvalue weighted by Gasteiger charge is 2.07. The highest BCUT2D eigenvalue weighted by molar-refractivity contribution is 7.89. The Morgan fingerprint density at radius 2 is 1.89 bits per heavy atom. The number of benzene rings is 1. The second-order valence-corrected chi connectivity index (χ2v) is 5.80. The van der Waals surface area contributed by atoms with Gasteiger partial charge in [0.2, 0.25) is 10.0 Å². The zero-order valence-electron chi connectivity index (χ0n) is 10.3. The monoisotopic (exact) mass is 270 g/mol. The average molecular weight is 270 g/mol. The van der Waals surface area contributed by atoms with Gasteiger partial charge in [0.25, 0.3) is 5.91 Å². The molecule has 0 aliphatic rings. The van der Waals surface area contributed by atoms with Crippen molar-refractivity contribution in [2.45, 2.75) is 19.8 Å². The summed E-state index contributed by atoms with van der Waals surface area (Å²) in [5.41, 5.74) is 1.70. The first-order valence-electron chi connectivity index (χ1n) is 5.80. The lowest BCUT2D eigenvalue weighted by atomic mass is 10.1. The Kier molecular flexibility index (Phi) is 5.30. The Morgan fingerprint density at radius 1 is 1.28 bits per heavy atom. The first kappa shape index (κ1) is 14.7. The van der Waals surface area contributed by atoms with Gasteiger partial charge in [-0.2, -0.15) is 0 Å². The maximum absolute atomic E-state index is 11.7. The quantitative estimate of drug-likeness (QED) is 0.795. The molecule has 0 heterocycles. The van der Waals surface area contributed by atoms with Gasteiger partial charge in [-0.15, -0.1) is 0 Å². The summed E-state index contributed by atoms with van der Waals surface area (Å²) in [7, 11) is -3.53. The molecule has 0 atom stereocenters. The molecule has 5 nitrogen and oxygen atoms in total. The van der Waals surface area contributed by atoms with Gasteiger partial charge in [0, 0.05) is 12.1 Å². The lowest BCUT2D eigenvalue weighted by Gasteiger charge is -2.05. The molecule has 1 aromatic rings. The van der Waals surface area contributed by atoms with E-state index < -0.39 is 10.0 Å². The number of hydrogen-bond donors (Lipinski definition) is 2. The summed E-state index contributed by atoms with van der Waals surface area (Å²) in [6.07, 6.45) is 2.03. The van der Waals surface area contributed by atoms with Crippen LogP contribution in [0.4, 0.5) is 0 Å². The second kappa shape index (κ2) is 6.51. The van der Waals surface area contributed by atoms with E-state index in [9.17, 15) is 13.2 Å². The number of carbonyl (C=O) groups is 1. The molecule has 0 aliphatic heterocycles. The van der Waals surface area contributed by atoms with Crippen molar-refractivity contribution in [2.75, 3.05) is 12.3 Å². The van der Waals surface area contributed by atoms with E-state index in [1.165, 1.54) is 5.56 Å². The largest absolute Gasteiger partial charge is 0.351 e. The van der Waals surface area contributed by atoms with E-state index in [0.717, 1.165) is 12.8 Å². The number of nitrogens with two attached hydrogens (primary N) is 1. The highest BCUT2D eigenvalue weighted by Crippen LogP contribution is 2.06. The van der Waals surface area contributed by atoms with Gasteiger partial charge in [-0.3, -0.25) is 4.79 Å². The van der Waals surface area contributed by atoms with Crippen LogP contribution in [-0.2, 0) is 16.4 Å². The van der Waals surface area contributed by atoms with Crippen LogP contribution in [0.15, 0.2) is 24.3 Å². The van der Waals surface area contributed by atoms with Gasteiger partial charge in [0.1, 0.15) is 0 Å². The SMILES string of the molecule is CCCc1ccc(C(=O)NCCS(N)(=O)=O)cc1. The van der Waals surface area contributed by atoms with Crippen LogP contribution in [0.2, 0.25) is 0 Å². The first-order chi connectivity index (χ1) is 8.42. The lowest BCUT2D eigenvalue weighted by molar-refractivity contribution is 0.0956. The standard InChI is InChI=1S/C12H18N2O3S/c1-2-3-10-4-6-11(7-5-10)12(15)14-8-9-18(13,16)17/h4-7H,2-3,8-9H2,1H3,(H,14,15)(H2,13,16,17). The smallest absolute Gasteiger partial charge is 0.251 e. The molecule has 0 fully saturated rings. The van der Waals surface area contributed by atoms with E-state index in [4.69, 9.17) is 5.14 Å². The van der Waals surface area contributed by atoms with Crippen LogP contribution < -0.4 is 10.5 Å². The van der Waals surface area contributed by atoms with Crippen molar-refractivity contribution in [1.29, 1.82) is 0 Å². The minimum Gasteiger partial charge on any atom is -0.351 e. The van der Waals surface area contributed by atoms with E-state index in [-0.39, 0.29) is 18.2 Å². The number of nitrogens with one attached hydrogen (secondary N) is 1. The van der Waals surface area contributed by atoms with E-state index in [0.29, 0.717) is 5.56 Å². The minimum absolute atomic E-state index is 0.0222. The molecule has 0 aromatic heterocycles. The number of sulfonamides is 1. The molecule has 0 spiro atoms. The third-order valence-electron chi connectivity index (χ3n) is 2.43. The lowest BCUT2D eigenvalue weighted by Crippen LogP contribution is -2.31. The fourth-order valence-electron chi connectivity index (χ4n) is 1.52. The van der Waals surface area contributed by atoms with Gasteiger partial charge in [-0.1, -0.05) is 25.5 Å². The molecule has 100 valence electrons. The van der Waals surface area contributed by atoms with Crippen molar-refractivity contribution < 1.29 is 13.2 Å². The molecule has 1 aromatic carbocycles. The maximum atomic E-state index is 11.7. The predicted octanol–water partition coefficient (Wildman–Crippen LogP) is 0.657. The van der Waals surface area contributed by atoms with Crippen LogP contribution in [0.1, 0.15) is 29.3 Å². The fourth-order valence-corrected chi connectivity index (χ4v) is 1.91. The average Bonchev–Trinajstić information content (AvgIpc) is 2.28. The molecule has 1 amide bonds. The second-order valence-electron chi connectivity index (χ2n) is 4.07. The number of hydrogen-bond acceptors (Lipinski definition) is 3. The van der Waals surface area contributed by atoms with Crippen molar-refractivity contribution in [3.8, 4) is 0 Å². The minimum atomic E-state index is -3.53. The van der Waals surface area contributed by atoms with Gasteiger partial charge in [0.15, 0.2) is 0 Å². The number of rotatable bonds is 6. The van der Waals surface area contributed by atoms with Crippen LogP contribution in [0.5, 0.6) is 0 Å². The molecular weight excluding hydrogens is 252 g/mol. The molecule has 3 N–H and O–H groups in total. The number of amides is 1. The summed E-state index contributed by atoms with van der Waals surface area (Å²) in [6, 6.07) is 7.27. The molecule has 0 bridgehead atoms. The molecule has 0 unspecified atom stereocenters. The Hall–Kier alpha value is -1.40. The summed E-state index contributed by atoms with van der Waals surface area (Å²) < 4.78 is 21.4. The topological polar surface area (TPSA) is 89.3 Å². The third-order valence-corrected chi connectivity index (χ3v) is 3.20. The van der Waals surface area contributed by atoms with Crippen LogP contribution in [0, 0.1) is 0 Å². The molecule has 18 heavy (non-hydrogen) atoms. The number of primary sulfonamides is 1. The summed E-state index contributed by atoms with van der Waals surface area (Å²) in [5, 5.41) is 7.34. The number of carbonyl (C=O) groups excluding carboxylic acids is 1. The Balaban J connectivity index is 2.51. The summed E-state index contributed by atoms with van der Waals surface area (Å²) in [5.74, 6) is -0.547. The molecule has 0 radical (unpaired) electrons. The highest BCUT2D eigenvalue weighted by atomic mass is 32.2. The van der Waals surface area contributed by atoms with Crippen LogP contribution in [-0.4, -0.2) is 26.6 Å². The van der Waals surface area contributed by atoms with Gasteiger partial charge in [0.05, 0.1) is 5.75 Å². The first-order valence-corrected chi connectivity index (χ1v) is 7.51. The van der Waals surface area contributed by atoms with Crippen LogP contribution >= 0.6 is 0 Å². The van der Waals surface area contributed by atoms with Gasteiger partial charge >= 0.3 is 0 Å². The van der Waals surface area contributed by atoms with Crippen LogP contribution in [0.3, 0.4) is 0 Å².